The molecule has 0 atom stereocenters. The molecule has 0 aliphatic heterocycles. The lowest BCUT2D eigenvalue weighted by Gasteiger charge is -2.10. The van der Waals surface area contributed by atoms with Gasteiger partial charge in [0.2, 0.25) is 0 Å². The Hall–Kier alpha value is -2.23. The summed E-state index contributed by atoms with van der Waals surface area (Å²) in [6, 6.07) is 25.9. The van der Waals surface area contributed by atoms with Gasteiger partial charge in [0.15, 0.2) is 0 Å². The molecule has 0 saturated heterocycles. The highest BCUT2D eigenvalue weighted by Gasteiger charge is 2.11. The highest BCUT2D eigenvalue weighted by molar-refractivity contribution is 7.98. The summed E-state index contributed by atoms with van der Waals surface area (Å²) in [5, 5.41) is 3.79. The van der Waals surface area contributed by atoms with E-state index in [4.69, 9.17) is 11.6 Å². The van der Waals surface area contributed by atoms with Crippen LogP contribution in [0.4, 0.5) is 0 Å². The van der Waals surface area contributed by atoms with E-state index >= 15 is 0 Å². The minimum Gasteiger partial charge on any atom is -0.352 e. The third-order valence-electron chi connectivity index (χ3n) is 4.21. The van der Waals surface area contributed by atoms with Gasteiger partial charge in [-0.25, -0.2) is 0 Å². The van der Waals surface area contributed by atoms with E-state index in [-0.39, 0.29) is 5.91 Å². The zero-order valence-corrected chi connectivity index (χ0v) is 16.6. The van der Waals surface area contributed by atoms with E-state index in [9.17, 15) is 4.79 Å². The van der Waals surface area contributed by atoms with Crippen molar-refractivity contribution in [3.05, 3.63) is 101 Å². The topological polar surface area (TPSA) is 29.1 Å². The van der Waals surface area contributed by atoms with Crippen molar-refractivity contribution in [1.29, 1.82) is 0 Å². The molecule has 0 aliphatic carbocycles. The van der Waals surface area contributed by atoms with Crippen LogP contribution >= 0.6 is 23.4 Å². The molecule has 1 N–H and O–H groups in total. The molecule has 138 valence electrons. The Labute approximate surface area is 170 Å². The van der Waals surface area contributed by atoms with Crippen molar-refractivity contribution in [2.24, 2.45) is 0 Å². The number of aryl methyl sites for hydroxylation is 1. The number of hydrogen-bond acceptors (Lipinski definition) is 2. The van der Waals surface area contributed by atoms with Crippen molar-refractivity contribution >= 4 is 29.3 Å². The van der Waals surface area contributed by atoms with E-state index in [2.05, 4.69) is 17.4 Å². The fourth-order valence-electron chi connectivity index (χ4n) is 2.76. The summed E-state index contributed by atoms with van der Waals surface area (Å²) in [4.78, 5) is 13.6. The number of benzene rings is 3. The Morgan fingerprint density at radius 3 is 2.33 bits per heavy atom. The smallest absolute Gasteiger partial charge is 0.252 e. The Balaban J connectivity index is 1.51. The maximum Gasteiger partial charge on any atom is 0.252 e. The monoisotopic (exact) mass is 395 g/mol. The summed E-state index contributed by atoms with van der Waals surface area (Å²) in [5.74, 6) is 0.837. The van der Waals surface area contributed by atoms with Crippen LogP contribution in [0.5, 0.6) is 0 Å². The minimum absolute atomic E-state index is 0.0118. The molecule has 3 aromatic carbocycles. The second kappa shape index (κ2) is 10.2. The maximum atomic E-state index is 12.6. The quantitative estimate of drug-likeness (QED) is 0.374. The van der Waals surface area contributed by atoms with E-state index in [1.807, 2.05) is 66.7 Å². The van der Waals surface area contributed by atoms with Gasteiger partial charge in [0, 0.05) is 22.2 Å². The van der Waals surface area contributed by atoms with Crippen LogP contribution in [0.3, 0.4) is 0 Å². The largest absolute Gasteiger partial charge is 0.352 e. The van der Waals surface area contributed by atoms with Gasteiger partial charge >= 0.3 is 0 Å². The van der Waals surface area contributed by atoms with Crippen LogP contribution in [0.25, 0.3) is 0 Å². The maximum absolute atomic E-state index is 12.6. The molecule has 0 bridgehead atoms. The van der Waals surface area contributed by atoms with Crippen LogP contribution in [0.15, 0.2) is 83.8 Å². The highest BCUT2D eigenvalue weighted by Crippen LogP contribution is 2.26. The normalized spacial score (nSPS) is 10.6. The lowest BCUT2D eigenvalue weighted by atomic mass is 10.1. The molecular formula is C23H22ClNOS. The van der Waals surface area contributed by atoms with Gasteiger partial charge in [0.1, 0.15) is 0 Å². The second-order valence-electron chi connectivity index (χ2n) is 6.26. The van der Waals surface area contributed by atoms with Gasteiger partial charge in [-0.3, -0.25) is 4.79 Å². The summed E-state index contributed by atoms with van der Waals surface area (Å²) >= 11 is 7.60. The second-order valence-corrected chi connectivity index (χ2v) is 7.71. The van der Waals surface area contributed by atoms with Crippen molar-refractivity contribution < 1.29 is 4.79 Å². The van der Waals surface area contributed by atoms with Gasteiger partial charge in [-0.2, -0.15) is 0 Å². The third-order valence-corrected chi connectivity index (χ3v) is 5.61. The van der Waals surface area contributed by atoms with E-state index in [0.717, 1.165) is 34.1 Å². The molecule has 2 nitrogen and oxygen atoms in total. The summed E-state index contributed by atoms with van der Waals surface area (Å²) in [6.07, 6.45) is 1.81. The minimum atomic E-state index is -0.0118. The predicted octanol–water partition coefficient (Wildman–Crippen LogP) is 5.99. The predicted molar refractivity (Wildman–Crippen MR) is 115 cm³/mol. The van der Waals surface area contributed by atoms with Gasteiger partial charge in [-0.15, -0.1) is 11.8 Å². The Kier molecular flexibility index (Phi) is 7.37. The molecule has 0 radical (unpaired) electrons. The molecular weight excluding hydrogens is 374 g/mol. The molecule has 0 unspecified atom stereocenters. The average molecular weight is 396 g/mol. The van der Waals surface area contributed by atoms with E-state index < -0.39 is 0 Å². The van der Waals surface area contributed by atoms with Crippen LogP contribution in [-0.4, -0.2) is 12.5 Å². The number of hydrogen-bond donors (Lipinski definition) is 1. The average Bonchev–Trinajstić information content (AvgIpc) is 2.72. The first-order valence-corrected chi connectivity index (χ1v) is 10.4. The first-order valence-electron chi connectivity index (χ1n) is 9.01. The van der Waals surface area contributed by atoms with E-state index in [0.29, 0.717) is 6.54 Å². The molecule has 0 aromatic heterocycles. The van der Waals surface area contributed by atoms with Crippen LogP contribution < -0.4 is 5.32 Å². The van der Waals surface area contributed by atoms with Crippen molar-refractivity contribution in [2.75, 3.05) is 6.54 Å². The highest BCUT2D eigenvalue weighted by atomic mass is 35.5. The molecule has 0 spiro atoms. The molecule has 4 heteroatoms. The molecule has 3 aromatic rings. The van der Waals surface area contributed by atoms with Crippen LogP contribution in [0.2, 0.25) is 5.02 Å². The summed E-state index contributed by atoms with van der Waals surface area (Å²) < 4.78 is 0. The molecule has 1 amide bonds. The van der Waals surface area contributed by atoms with Gasteiger partial charge in [0.25, 0.3) is 5.91 Å². The van der Waals surface area contributed by atoms with Crippen LogP contribution in [0, 0.1) is 0 Å². The van der Waals surface area contributed by atoms with Crippen LogP contribution in [-0.2, 0) is 12.2 Å². The molecule has 0 fully saturated rings. The summed E-state index contributed by atoms with van der Waals surface area (Å²) in [6.45, 7) is 0.652. The van der Waals surface area contributed by atoms with Crippen molar-refractivity contribution in [3.8, 4) is 0 Å². The van der Waals surface area contributed by atoms with Gasteiger partial charge in [0.05, 0.1) is 5.56 Å². The lowest BCUT2D eigenvalue weighted by Crippen LogP contribution is -2.25. The molecule has 0 heterocycles. The number of carbonyl (C=O) groups excluding carboxylic acids is 1. The van der Waals surface area contributed by atoms with Crippen molar-refractivity contribution in [1.82, 2.24) is 5.32 Å². The fourth-order valence-corrected chi connectivity index (χ4v) is 3.89. The standard InChI is InChI=1S/C23H22ClNOS/c24-20-14-12-18(13-15-20)9-6-16-25-23(26)21-10-4-5-11-22(21)27-17-19-7-2-1-3-8-19/h1-5,7-8,10-15H,6,9,16-17H2,(H,25,26). The number of thioether (sulfide) groups is 1. The van der Waals surface area contributed by atoms with Crippen molar-refractivity contribution in [2.45, 2.75) is 23.5 Å². The van der Waals surface area contributed by atoms with E-state index in [1.165, 1.54) is 11.1 Å². The fraction of sp³-hybridized carbons (Fsp3) is 0.174. The molecule has 27 heavy (non-hydrogen) atoms. The first kappa shape index (κ1) is 19.5. The zero-order chi connectivity index (χ0) is 18.9. The van der Waals surface area contributed by atoms with E-state index in [1.54, 1.807) is 11.8 Å². The molecule has 3 rings (SSSR count). The molecule has 0 saturated carbocycles. The summed E-state index contributed by atoms with van der Waals surface area (Å²) in [7, 11) is 0. The van der Waals surface area contributed by atoms with Gasteiger partial charge in [-0.05, 0) is 48.2 Å². The van der Waals surface area contributed by atoms with Gasteiger partial charge < -0.3 is 5.32 Å². The number of carbonyl (C=O) groups is 1. The number of amides is 1. The Morgan fingerprint density at radius 2 is 1.56 bits per heavy atom. The number of nitrogens with one attached hydrogen (secondary N) is 1. The lowest BCUT2D eigenvalue weighted by molar-refractivity contribution is 0.0950. The van der Waals surface area contributed by atoms with Crippen LogP contribution in [0.1, 0.15) is 27.9 Å². The first-order chi connectivity index (χ1) is 13.2. The Bertz CT molecular complexity index is 865. The number of rotatable bonds is 8. The van der Waals surface area contributed by atoms with Gasteiger partial charge in [-0.1, -0.05) is 66.2 Å². The zero-order valence-electron chi connectivity index (χ0n) is 15.0. The number of halogens is 1. The Morgan fingerprint density at radius 1 is 0.852 bits per heavy atom. The SMILES string of the molecule is O=C(NCCCc1ccc(Cl)cc1)c1ccccc1SCc1ccccc1. The third kappa shape index (κ3) is 6.16. The van der Waals surface area contributed by atoms with Crippen molar-refractivity contribution in [3.63, 3.8) is 0 Å². The summed E-state index contributed by atoms with van der Waals surface area (Å²) in [5.41, 5.74) is 3.22. The molecule has 0 aliphatic rings.